The Morgan fingerprint density at radius 2 is 0.815 bits per heavy atom. The molecule has 0 N–H and O–H groups in total. The van der Waals surface area contributed by atoms with E-state index < -0.39 is 5.97 Å². The second kappa shape index (κ2) is 21.4. The molecule has 0 unspecified atom stereocenters. The van der Waals surface area contributed by atoms with Gasteiger partial charge in [-0.2, -0.15) is 0 Å². The molecule has 0 aromatic carbocycles. The highest BCUT2D eigenvalue weighted by atomic mass is 16.6. The summed E-state index contributed by atoms with van der Waals surface area (Å²) in [5, 5.41) is 0. The average Bonchev–Trinajstić information content (AvgIpc) is 2.63. The topological polar surface area (TPSA) is 43.4 Å². The van der Waals surface area contributed by atoms with Crippen LogP contribution in [0.25, 0.3) is 0 Å². The SMILES string of the molecule is CCCCCCCCCCCCCCCCCCCCCC(=O)OC(C)=O. The smallest absolute Gasteiger partial charge is 0.313 e. The van der Waals surface area contributed by atoms with E-state index in [1.165, 1.54) is 116 Å². The van der Waals surface area contributed by atoms with E-state index in [0.717, 1.165) is 12.8 Å². The van der Waals surface area contributed by atoms with Gasteiger partial charge in [-0.05, 0) is 6.42 Å². The van der Waals surface area contributed by atoms with Crippen LogP contribution < -0.4 is 0 Å². The van der Waals surface area contributed by atoms with E-state index >= 15 is 0 Å². The molecule has 160 valence electrons. The third-order valence-electron chi connectivity index (χ3n) is 5.24. The van der Waals surface area contributed by atoms with Crippen molar-refractivity contribution in [3.63, 3.8) is 0 Å². The Morgan fingerprint density at radius 3 is 1.11 bits per heavy atom. The quantitative estimate of drug-likeness (QED) is 0.122. The van der Waals surface area contributed by atoms with Gasteiger partial charge in [0.05, 0.1) is 0 Å². The van der Waals surface area contributed by atoms with Gasteiger partial charge in [-0.15, -0.1) is 0 Å². The summed E-state index contributed by atoms with van der Waals surface area (Å²) in [6, 6.07) is 0. The Hall–Kier alpha value is -0.860. The Labute approximate surface area is 169 Å². The van der Waals surface area contributed by atoms with Gasteiger partial charge in [0.2, 0.25) is 0 Å². The van der Waals surface area contributed by atoms with E-state index in [9.17, 15) is 9.59 Å². The van der Waals surface area contributed by atoms with Gasteiger partial charge in [0.25, 0.3) is 0 Å². The van der Waals surface area contributed by atoms with E-state index in [0.29, 0.717) is 6.42 Å². The maximum atomic E-state index is 11.2. The molecule has 3 heteroatoms. The molecule has 0 aromatic heterocycles. The van der Waals surface area contributed by atoms with Gasteiger partial charge in [-0.1, -0.05) is 122 Å². The number of ether oxygens (including phenoxy) is 1. The highest BCUT2D eigenvalue weighted by Gasteiger charge is 2.04. The minimum atomic E-state index is -0.502. The molecule has 0 atom stereocenters. The third-order valence-corrected chi connectivity index (χ3v) is 5.24. The standard InChI is InChI=1S/C24H46O3/c1-3-4-5-6-7-8-9-10-11-12-13-14-15-16-17-18-19-20-21-22-24(26)27-23(2)25/h3-22H2,1-2H3. The number of hydrogen-bond donors (Lipinski definition) is 0. The second-order valence-electron chi connectivity index (χ2n) is 8.08. The molecule has 0 aromatic rings. The van der Waals surface area contributed by atoms with Crippen molar-refractivity contribution in [1.29, 1.82) is 0 Å². The van der Waals surface area contributed by atoms with Crippen molar-refractivity contribution >= 4 is 11.9 Å². The molecule has 0 saturated carbocycles. The predicted molar refractivity (Wildman–Crippen MR) is 115 cm³/mol. The molecule has 0 saturated heterocycles. The van der Waals surface area contributed by atoms with Crippen LogP contribution in [-0.4, -0.2) is 11.9 Å². The van der Waals surface area contributed by atoms with Gasteiger partial charge >= 0.3 is 11.9 Å². The lowest BCUT2D eigenvalue weighted by molar-refractivity contribution is -0.158. The molecular weight excluding hydrogens is 336 g/mol. The summed E-state index contributed by atoms with van der Waals surface area (Å²) < 4.78 is 4.51. The van der Waals surface area contributed by atoms with Crippen LogP contribution in [0.15, 0.2) is 0 Å². The molecule has 0 aliphatic rings. The van der Waals surface area contributed by atoms with E-state index in [1.54, 1.807) is 0 Å². The van der Waals surface area contributed by atoms with Crippen LogP contribution in [0.2, 0.25) is 0 Å². The molecule has 0 heterocycles. The normalized spacial score (nSPS) is 10.9. The molecule has 0 aliphatic heterocycles. The first-order valence-electron chi connectivity index (χ1n) is 11.9. The van der Waals surface area contributed by atoms with Gasteiger partial charge in [0.1, 0.15) is 0 Å². The van der Waals surface area contributed by atoms with Gasteiger partial charge in [-0.3, -0.25) is 9.59 Å². The number of unbranched alkanes of at least 4 members (excludes halogenated alkanes) is 18. The minimum absolute atomic E-state index is 0.373. The summed E-state index contributed by atoms with van der Waals surface area (Å²) in [4.78, 5) is 21.8. The van der Waals surface area contributed by atoms with Gasteiger partial charge in [0.15, 0.2) is 0 Å². The van der Waals surface area contributed by atoms with Crippen molar-refractivity contribution in [2.75, 3.05) is 0 Å². The average molecular weight is 383 g/mol. The molecule has 0 amide bonds. The summed E-state index contributed by atoms with van der Waals surface area (Å²) in [5.41, 5.74) is 0. The number of hydrogen-bond acceptors (Lipinski definition) is 3. The van der Waals surface area contributed by atoms with Crippen LogP contribution in [0.5, 0.6) is 0 Å². The van der Waals surface area contributed by atoms with Crippen LogP contribution in [0.1, 0.15) is 142 Å². The number of carbonyl (C=O) groups excluding carboxylic acids is 2. The van der Waals surface area contributed by atoms with Crippen molar-refractivity contribution < 1.29 is 14.3 Å². The van der Waals surface area contributed by atoms with Crippen molar-refractivity contribution in [1.82, 2.24) is 0 Å². The monoisotopic (exact) mass is 382 g/mol. The largest absolute Gasteiger partial charge is 0.393 e. The van der Waals surface area contributed by atoms with Crippen LogP contribution >= 0.6 is 0 Å². The first kappa shape index (κ1) is 26.1. The maximum absolute atomic E-state index is 11.2. The van der Waals surface area contributed by atoms with E-state index in [1.807, 2.05) is 0 Å². The molecule has 3 nitrogen and oxygen atoms in total. The molecule has 0 aliphatic carbocycles. The lowest BCUT2D eigenvalue weighted by atomic mass is 10.0. The highest BCUT2D eigenvalue weighted by molar-refractivity contribution is 5.83. The van der Waals surface area contributed by atoms with Crippen molar-refractivity contribution in [2.45, 2.75) is 142 Å². The van der Waals surface area contributed by atoms with Crippen molar-refractivity contribution in [2.24, 2.45) is 0 Å². The molecular formula is C24H46O3. The summed E-state index contributed by atoms with van der Waals surface area (Å²) in [6.07, 6.45) is 25.8. The Bertz CT molecular complexity index is 339. The second-order valence-corrected chi connectivity index (χ2v) is 8.08. The maximum Gasteiger partial charge on any atom is 0.313 e. The van der Waals surface area contributed by atoms with Crippen LogP contribution in [-0.2, 0) is 14.3 Å². The molecule has 0 radical (unpaired) electrons. The van der Waals surface area contributed by atoms with E-state index in [2.05, 4.69) is 11.7 Å². The fraction of sp³-hybridized carbons (Fsp3) is 0.917. The van der Waals surface area contributed by atoms with Gasteiger partial charge < -0.3 is 4.74 Å². The van der Waals surface area contributed by atoms with Crippen LogP contribution in [0, 0.1) is 0 Å². The highest BCUT2D eigenvalue weighted by Crippen LogP contribution is 2.14. The zero-order chi connectivity index (χ0) is 20.0. The number of rotatable bonds is 20. The zero-order valence-corrected chi connectivity index (χ0v) is 18.4. The van der Waals surface area contributed by atoms with E-state index in [4.69, 9.17) is 0 Å². The first-order chi connectivity index (χ1) is 13.2. The molecule has 0 rings (SSSR count). The predicted octanol–water partition coefficient (Wildman–Crippen LogP) is 7.90. The molecule has 27 heavy (non-hydrogen) atoms. The van der Waals surface area contributed by atoms with E-state index in [-0.39, 0.29) is 5.97 Å². The summed E-state index contributed by atoms with van der Waals surface area (Å²) in [5.74, 6) is -0.882. The zero-order valence-electron chi connectivity index (χ0n) is 18.4. The first-order valence-corrected chi connectivity index (χ1v) is 11.9. The Morgan fingerprint density at radius 1 is 0.519 bits per heavy atom. The van der Waals surface area contributed by atoms with Gasteiger partial charge in [-0.25, -0.2) is 0 Å². The van der Waals surface area contributed by atoms with Gasteiger partial charge in [0, 0.05) is 13.3 Å². The Kier molecular flexibility index (Phi) is 20.8. The van der Waals surface area contributed by atoms with Crippen molar-refractivity contribution in [3.05, 3.63) is 0 Å². The van der Waals surface area contributed by atoms with Crippen LogP contribution in [0.3, 0.4) is 0 Å². The molecule has 0 fully saturated rings. The summed E-state index contributed by atoms with van der Waals surface area (Å²) in [6.45, 7) is 3.55. The lowest BCUT2D eigenvalue weighted by Gasteiger charge is -2.04. The molecule has 0 bridgehead atoms. The van der Waals surface area contributed by atoms with Crippen molar-refractivity contribution in [3.8, 4) is 0 Å². The lowest BCUT2D eigenvalue weighted by Crippen LogP contribution is -2.08. The van der Waals surface area contributed by atoms with Crippen LogP contribution in [0.4, 0.5) is 0 Å². The fourth-order valence-electron chi connectivity index (χ4n) is 3.56. The number of esters is 2. The number of carbonyl (C=O) groups is 2. The summed E-state index contributed by atoms with van der Waals surface area (Å²) >= 11 is 0. The fourth-order valence-corrected chi connectivity index (χ4v) is 3.56. The Balaban J connectivity index is 3.07. The summed E-state index contributed by atoms with van der Waals surface area (Å²) in [7, 11) is 0. The minimum Gasteiger partial charge on any atom is -0.393 e. The third kappa shape index (κ3) is 23.1. The molecule has 0 spiro atoms.